The Kier molecular flexibility index (Phi) is 9.60. The molecule has 0 saturated heterocycles. The Hall–Kier alpha value is -1.96. The average Bonchev–Trinajstić information content (AvgIpc) is 3.19. The third-order valence-electron chi connectivity index (χ3n) is 4.25. The monoisotopic (exact) mass is 445 g/mol. The lowest BCUT2D eigenvalue weighted by atomic mass is 10.2. The highest BCUT2D eigenvalue weighted by atomic mass is 32.2. The van der Waals surface area contributed by atoms with Crippen LogP contribution in [0.4, 0.5) is 0 Å². The molecule has 1 atom stereocenters. The number of aromatic nitrogens is 1. The maximum atomic E-state index is 12.4. The lowest BCUT2D eigenvalue weighted by molar-refractivity contribution is -0.147. The Morgan fingerprint density at radius 2 is 1.93 bits per heavy atom. The van der Waals surface area contributed by atoms with Gasteiger partial charge in [-0.15, -0.1) is 0 Å². The van der Waals surface area contributed by atoms with Crippen LogP contribution in [0.2, 0.25) is 0 Å². The first kappa shape index (κ1) is 22.7. The summed E-state index contributed by atoms with van der Waals surface area (Å²) >= 11 is 3.05. The van der Waals surface area contributed by atoms with Gasteiger partial charge in [-0.2, -0.15) is 11.8 Å². The number of unbranched alkanes of at least 4 members (excludes halogenated alkanes) is 1. The number of carbonyl (C=O) groups is 1. The number of benzene rings is 2. The molecule has 0 spiro atoms. The highest BCUT2D eigenvalue weighted by molar-refractivity contribution is 7.99. The van der Waals surface area contributed by atoms with E-state index in [1.807, 2.05) is 54.6 Å². The van der Waals surface area contributed by atoms with Crippen LogP contribution in [0.25, 0.3) is 11.1 Å². The normalized spacial score (nSPS) is 12.2. The van der Waals surface area contributed by atoms with E-state index in [2.05, 4.69) is 11.9 Å². The number of carbonyl (C=O) groups excluding carboxylic acids is 1. The SMILES string of the molecule is CCCCSCC(COCc1ccccc1)OC(=O)CSc1nc2ccccc2o1. The van der Waals surface area contributed by atoms with Crippen LogP contribution in [0.1, 0.15) is 25.3 Å². The molecule has 1 heterocycles. The molecule has 0 bridgehead atoms. The predicted octanol–water partition coefficient (Wildman–Crippen LogP) is 5.58. The molecular weight excluding hydrogens is 418 g/mol. The molecule has 0 N–H and O–H groups in total. The van der Waals surface area contributed by atoms with Crippen LogP contribution >= 0.6 is 23.5 Å². The fraction of sp³-hybridized carbons (Fsp3) is 0.391. The molecule has 0 aliphatic rings. The van der Waals surface area contributed by atoms with E-state index in [4.69, 9.17) is 13.9 Å². The van der Waals surface area contributed by atoms with Gasteiger partial charge in [0.25, 0.3) is 5.22 Å². The molecule has 0 aliphatic heterocycles. The van der Waals surface area contributed by atoms with Crippen LogP contribution in [-0.4, -0.2) is 40.9 Å². The summed E-state index contributed by atoms with van der Waals surface area (Å²) in [6.07, 6.45) is 2.04. The van der Waals surface area contributed by atoms with E-state index in [0.29, 0.717) is 24.0 Å². The third kappa shape index (κ3) is 7.70. The topological polar surface area (TPSA) is 61.6 Å². The van der Waals surface area contributed by atoms with Crippen molar-refractivity contribution in [3.05, 3.63) is 60.2 Å². The molecule has 3 aromatic rings. The van der Waals surface area contributed by atoms with Crippen molar-refractivity contribution in [2.75, 3.05) is 23.9 Å². The number of fused-ring (bicyclic) bond motifs is 1. The number of ether oxygens (including phenoxy) is 2. The Morgan fingerprint density at radius 1 is 1.13 bits per heavy atom. The molecule has 7 heteroatoms. The van der Waals surface area contributed by atoms with Gasteiger partial charge in [0, 0.05) is 5.75 Å². The minimum Gasteiger partial charge on any atom is -0.458 e. The number of hydrogen-bond donors (Lipinski definition) is 0. The Morgan fingerprint density at radius 3 is 2.73 bits per heavy atom. The first-order valence-corrected chi connectivity index (χ1v) is 12.3. The summed E-state index contributed by atoms with van der Waals surface area (Å²) in [5.41, 5.74) is 2.61. The summed E-state index contributed by atoms with van der Waals surface area (Å²) in [5, 5.41) is 0.474. The maximum absolute atomic E-state index is 12.4. The van der Waals surface area contributed by atoms with Gasteiger partial charge in [-0.3, -0.25) is 4.79 Å². The highest BCUT2D eigenvalue weighted by Crippen LogP contribution is 2.23. The van der Waals surface area contributed by atoms with Gasteiger partial charge in [-0.1, -0.05) is 67.6 Å². The molecule has 30 heavy (non-hydrogen) atoms. The molecule has 0 aliphatic carbocycles. The summed E-state index contributed by atoms with van der Waals surface area (Å²) < 4.78 is 17.1. The fourth-order valence-electron chi connectivity index (χ4n) is 2.71. The second kappa shape index (κ2) is 12.7. The summed E-state index contributed by atoms with van der Waals surface area (Å²) in [6, 6.07) is 17.5. The molecule has 0 saturated carbocycles. The van der Waals surface area contributed by atoms with Crippen LogP contribution in [0, 0.1) is 0 Å². The Bertz CT molecular complexity index is 867. The zero-order valence-electron chi connectivity index (χ0n) is 17.1. The van der Waals surface area contributed by atoms with Gasteiger partial charge in [0.1, 0.15) is 17.4 Å². The number of hydrogen-bond acceptors (Lipinski definition) is 7. The minimum absolute atomic E-state index is 0.154. The van der Waals surface area contributed by atoms with Crippen molar-refractivity contribution in [2.45, 2.75) is 37.7 Å². The maximum Gasteiger partial charge on any atom is 0.316 e. The molecule has 5 nitrogen and oxygen atoms in total. The van der Waals surface area contributed by atoms with Crippen molar-refractivity contribution in [1.29, 1.82) is 0 Å². The molecular formula is C23H27NO4S2. The van der Waals surface area contributed by atoms with E-state index in [1.165, 1.54) is 11.8 Å². The van der Waals surface area contributed by atoms with Crippen LogP contribution in [0.3, 0.4) is 0 Å². The van der Waals surface area contributed by atoms with Gasteiger partial charge in [0.05, 0.1) is 13.2 Å². The lowest BCUT2D eigenvalue weighted by Crippen LogP contribution is -2.27. The summed E-state index contributed by atoms with van der Waals surface area (Å²) in [4.78, 5) is 16.8. The average molecular weight is 446 g/mol. The van der Waals surface area contributed by atoms with Crippen LogP contribution in [0.5, 0.6) is 0 Å². The van der Waals surface area contributed by atoms with Gasteiger partial charge in [0.15, 0.2) is 5.58 Å². The second-order valence-corrected chi connectivity index (χ2v) is 8.85. The van der Waals surface area contributed by atoms with Crippen LogP contribution in [0.15, 0.2) is 64.2 Å². The number of para-hydroxylation sites is 2. The van der Waals surface area contributed by atoms with E-state index in [0.717, 1.165) is 35.4 Å². The van der Waals surface area contributed by atoms with Crippen LogP contribution in [-0.2, 0) is 20.9 Å². The summed E-state index contributed by atoms with van der Waals surface area (Å²) in [6.45, 7) is 3.06. The number of esters is 1. The first-order chi connectivity index (χ1) is 14.7. The molecule has 160 valence electrons. The molecule has 1 unspecified atom stereocenters. The molecule has 0 fully saturated rings. The van der Waals surface area contributed by atoms with Crippen LogP contribution < -0.4 is 0 Å². The largest absolute Gasteiger partial charge is 0.458 e. The zero-order chi connectivity index (χ0) is 21.0. The molecule has 1 aromatic heterocycles. The van der Waals surface area contributed by atoms with E-state index in [1.54, 1.807) is 11.8 Å². The van der Waals surface area contributed by atoms with Crippen molar-refractivity contribution in [2.24, 2.45) is 0 Å². The predicted molar refractivity (Wildman–Crippen MR) is 123 cm³/mol. The standard InChI is InChI=1S/C23H27NO4S2/c1-2-3-13-29-16-19(15-26-14-18-9-5-4-6-10-18)27-22(25)17-30-23-24-20-11-7-8-12-21(20)28-23/h4-12,19H,2-3,13-17H2,1H3. The van der Waals surface area contributed by atoms with Gasteiger partial charge in [0.2, 0.25) is 0 Å². The van der Waals surface area contributed by atoms with Crippen molar-refractivity contribution < 1.29 is 18.7 Å². The Labute approximate surface area is 185 Å². The van der Waals surface area contributed by atoms with Gasteiger partial charge in [-0.25, -0.2) is 4.98 Å². The Balaban J connectivity index is 1.46. The first-order valence-electron chi connectivity index (χ1n) is 10.1. The van der Waals surface area contributed by atoms with Crippen molar-refractivity contribution in [3.63, 3.8) is 0 Å². The number of rotatable bonds is 13. The van der Waals surface area contributed by atoms with Gasteiger partial charge < -0.3 is 13.9 Å². The molecule has 0 amide bonds. The zero-order valence-corrected chi connectivity index (χ0v) is 18.8. The quantitative estimate of drug-likeness (QED) is 0.193. The number of thioether (sulfide) groups is 2. The van der Waals surface area contributed by atoms with E-state index in [-0.39, 0.29) is 17.8 Å². The van der Waals surface area contributed by atoms with Crippen molar-refractivity contribution >= 4 is 40.6 Å². The summed E-state index contributed by atoms with van der Waals surface area (Å²) in [5.74, 6) is 1.66. The highest BCUT2D eigenvalue weighted by Gasteiger charge is 2.17. The second-order valence-electron chi connectivity index (χ2n) is 6.78. The smallest absolute Gasteiger partial charge is 0.316 e. The van der Waals surface area contributed by atoms with Gasteiger partial charge in [-0.05, 0) is 29.9 Å². The minimum atomic E-state index is -0.286. The lowest BCUT2D eigenvalue weighted by Gasteiger charge is -2.18. The third-order valence-corrected chi connectivity index (χ3v) is 6.23. The van der Waals surface area contributed by atoms with Crippen molar-refractivity contribution in [1.82, 2.24) is 4.98 Å². The fourth-order valence-corrected chi connectivity index (χ4v) is 4.42. The molecule has 2 aromatic carbocycles. The molecule has 0 radical (unpaired) electrons. The van der Waals surface area contributed by atoms with E-state index >= 15 is 0 Å². The van der Waals surface area contributed by atoms with Crippen molar-refractivity contribution in [3.8, 4) is 0 Å². The number of nitrogens with zero attached hydrogens (tertiary/aromatic N) is 1. The van der Waals surface area contributed by atoms with E-state index < -0.39 is 0 Å². The number of oxazole rings is 1. The summed E-state index contributed by atoms with van der Waals surface area (Å²) in [7, 11) is 0. The van der Waals surface area contributed by atoms with Gasteiger partial charge >= 0.3 is 5.97 Å². The van der Waals surface area contributed by atoms with E-state index in [9.17, 15) is 4.79 Å². The molecule has 3 rings (SSSR count).